The van der Waals surface area contributed by atoms with Gasteiger partial charge < -0.3 is 49.6 Å². The van der Waals surface area contributed by atoms with Gasteiger partial charge in [0.05, 0.1) is 63.8 Å². The summed E-state index contributed by atoms with van der Waals surface area (Å²) in [5.41, 5.74) is -1.04. The molecule has 0 bridgehead atoms. The summed E-state index contributed by atoms with van der Waals surface area (Å²) in [5, 5.41) is 40.9. The van der Waals surface area contributed by atoms with Gasteiger partial charge in [-0.3, -0.25) is 9.59 Å². The highest BCUT2D eigenvalue weighted by Crippen LogP contribution is 2.54. The SMILES string of the molecule is CCC(C(=O)[C@@H](C)[C@@H](O)[C@H](C)[C@@H]1O[C@@H]([C@@H](CC)C(=O)O)CC[C@@H]1C)[C@H]1O[C@]2(C=C[C@@H](NC(=S)Nc3ccc(Cl)c(Cl)c3)[C@]3(CC[C@@](C)([C@H]4CC[C@](O)(CC)[C@H](C)O4)O3)O2)[C@H](C)C[C@@H]1C. The van der Waals surface area contributed by atoms with Crippen LogP contribution in [0.15, 0.2) is 30.4 Å². The summed E-state index contributed by atoms with van der Waals surface area (Å²) < 4.78 is 34.8. The van der Waals surface area contributed by atoms with E-state index in [1.165, 1.54) is 0 Å². The maximum absolute atomic E-state index is 14.7. The minimum absolute atomic E-state index is 0.0169. The summed E-state index contributed by atoms with van der Waals surface area (Å²) in [4.78, 5) is 26.8. The largest absolute Gasteiger partial charge is 0.481 e. The van der Waals surface area contributed by atoms with Crippen LogP contribution < -0.4 is 10.6 Å². The number of halogens is 2. The summed E-state index contributed by atoms with van der Waals surface area (Å²) in [6, 6.07) is 4.61. The fourth-order valence-electron chi connectivity index (χ4n) is 11.5. The number of Topliss-reactive ketones (excluding diaryl/α,β-unsaturated/α-hetero) is 1. The summed E-state index contributed by atoms with van der Waals surface area (Å²) in [7, 11) is 0. The lowest BCUT2D eigenvalue weighted by atomic mass is 9.72. The van der Waals surface area contributed by atoms with Crippen molar-refractivity contribution >= 4 is 58.0 Å². The highest BCUT2D eigenvalue weighted by molar-refractivity contribution is 7.80. The van der Waals surface area contributed by atoms with Gasteiger partial charge in [-0.25, -0.2) is 0 Å². The topological polar surface area (TPSA) is 165 Å². The summed E-state index contributed by atoms with van der Waals surface area (Å²) in [5.74, 6) is -5.91. The van der Waals surface area contributed by atoms with E-state index >= 15 is 0 Å². The maximum atomic E-state index is 14.7. The zero-order chi connectivity index (χ0) is 47.1. The zero-order valence-corrected chi connectivity index (χ0v) is 41.7. The van der Waals surface area contributed by atoms with Crippen LogP contribution >= 0.6 is 35.4 Å². The molecule has 15 heteroatoms. The predicted octanol–water partition coefficient (Wildman–Crippen LogP) is 9.49. The number of benzene rings is 1. The van der Waals surface area contributed by atoms with Crippen LogP contribution in [0.4, 0.5) is 5.69 Å². The number of rotatable bonds is 14. The van der Waals surface area contributed by atoms with Crippen molar-refractivity contribution < 1.29 is 48.6 Å². The molecule has 1 unspecified atom stereocenters. The van der Waals surface area contributed by atoms with Crippen LogP contribution in [0.25, 0.3) is 0 Å². The summed E-state index contributed by atoms with van der Waals surface area (Å²) >= 11 is 18.4. The van der Waals surface area contributed by atoms with Crippen molar-refractivity contribution in [3.8, 4) is 0 Å². The lowest BCUT2D eigenvalue weighted by Gasteiger charge is -2.55. The molecule has 2 spiro atoms. The van der Waals surface area contributed by atoms with Gasteiger partial charge in [-0.2, -0.15) is 0 Å². The zero-order valence-electron chi connectivity index (χ0n) is 39.4. The lowest BCUT2D eigenvalue weighted by Crippen LogP contribution is -2.66. The van der Waals surface area contributed by atoms with E-state index in [9.17, 15) is 24.9 Å². The van der Waals surface area contributed by atoms with Crippen molar-refractivity contribution in [1.82, 2.24) is 5.32 Å². The summed E-state index contributed by atoms with van der Waals surface area (Å²) in [6.45, 7) is 19.8. The Morgan fingerprint density at radius 2 is 1.62 bits per heavy atom. The highest BCUT2D eigenvalue weighted by Gasteiger charge is 2.63. The number of aliphatic hydroxyl groups is 2. The number of nitrogens with one attached hydrogen (secondary N) is 2. The Kier molecular flexibility index (Phi) is 16.4. The molecule has 18 atom stereocenters. The number of carbonyl (C=O) groups is 2. The van der Waals surface area contributed by atoms with Crippen LogP contribution in [0.2, 0.25) is 10.0 Å². The van der Waals surface area contributed by atoms with Gasteiger partial charge in [-0.1, -0.05) is 84.7 Å². The molecule has 0 saturated carbocycles. The van der Waals surface area contributed by atoms with Crippen molar-refractivity contribution in [1.29, 1.82) is 0 Å². The number of aliphatic carboxylic acids is 1. The molecule has 4 saturated heterocycles. The number of aliphatic hydroxyl groups excluding tert-OH is 1. The minimum atomic E-state index is -1.28. The molecule has 1 aromatic rings. The minimum Gasteiger partial charge on any atom is -0.481 e. The third-order valence-electron chi connectivity index (χ3n) is 15.9. The molecule has 64 heavy (non-hydrogen) atoms. The fourth-order valence-corrected chi connectivity index (χ4v) is 12.1. The first kappa shape index (κ1) is 51.5. The number of anilines is 1. The number of carboxylic acid groups (broad SMARTS) is 1. The fraction of sp³-hybridized carbons (Fsp3) is 0.776. The van der Waals surface area contributed by atoms with E-state index in [4.69, 9.17) is 59.1 Å². The molecule has 0 amide bonds. The van der Waals surface area contributed by atoms with E-state index in [0.29, 0.717) is 78.6 Å². The monoisotopic (exact) mass is 952 g/mol. The third-order valence-corrected chi connectivity index (χ3v) is 16.9. The standard InChI is InChI=1S/C49H74Cl2N2O10S/c1-11-33(44(56)57)37-17-14-26(4)42(60-37)30(8)40(54)29(7)41(55)34(12-2)43-27(5)24-28(6)48(61-43)21-18-38(53-45(64)52-32-15-16-35(50)36(51)25-32)49(63-48)23-22-46(10,62-49)39-19-20-47(58,13-3)31(9)59-39/h15-16,18,21,25-31,33-34,37-40,42-43,54,58H,11-14,17,19-20,22-24H2,1-10H3,(H,56,57)(H2,52,53,64)/t26-,27-,28+,29-,30-,31-,33+,34?,37+,38+,39+,40+,42+,43-,46-,47+,48-,49-/m0/s1. The lowest BCUT2D eigenvalue weighted by molar-refractivity contribution is -0.397. The smallest absolute Gasteiger partial charge is 0.309 e. The summed E-state index contributed by atoms with van der Waals surface area (Å²) in [6.07, 6.45) is 6.77. The van der Waals surface area contributed by atoms with Gasteiger partial charge in [-0.05, 0) is 120 Å². The number of carbonyl (C=O) groups excluding carboxylic acids is 1. The van der Waals surface area contributed by atoms with E-state index in [2.05, 4.69) is 38.3 Å². The van der Waals surface area contributed by atoms with Crippen molar-refractivity contribution in [3.63, 3.8) is 0 Å². The Morgan fingerprint density at radius 1 is 0.922 bits per heavy atom. The van der Waals surface area contributed by atoms with Crippen molar-refractivity contribution in [2.75, 3.05) is 5.32 Å². The molecule has 12 nitrogen and oxygen atoms in total. The average Bonchev–Trinajstić information content (AvgIpc) is 3.59. The van der Waals surface area contributed by atoms with E-state index in [0.717, 1.165) is 6.42 Å². The van der Waals surface area contributed by atoms with Crippen LogP contribution in [0, 0.1) is 41.4 Å². The van der Waals surface area contributed by atoms with Gasteiger partial charge in [0.25, 0.3) is 0 Å². The molecule has 1 aromatic carbocycles. The Balaban J connectivity index is 1.25. The van der Waals surface area contributed by atoms with Gasteiger partial charge in [0.15, 0.2) is 16.7 Å². The molecule has 6 rings (SSSR count). The van der Waals surface area contributed by atoms with E-state index in [-0.39, 0.29) is 35.7 Å². The predicted molar refractivity (Wildman–Crippen MR) is 252 cm³/mol. The number of hydrogen-bond donors (Lipinski definition) is 5. The molecule has 4 fully saturated rings. The van der Waals surface area contributed by atoms with Gasteiger partial charge in [0, 0.05) is 35.8 Å². The van der Waals surface area contributed by atoms with E-state index in [1.807, 2.05) is 46.8 Å². The first-order chi connectivity index (χ1) is 30.1. The molecule has 0 aromatic heterocycles. The second-order valence-corrected chi connectivity index (χ2v) is 21.4. The molecule has 5 N–H and O–H groups in total. The van der Waals surface area contributed by atoms with Crippen LogP contribution in [0.5, 0.6) is 0 Å². The van der Waals surface area contributed by atoms with Crippen LogP contribution in [-0.2, 0) is 33.3 Å². The van der Waals surface area contributed by atoms with Crippen LogP contribution in [0.1, 0.15) is 133 Å². The second-order valence-electron chi connectivity index (χ2n) is 20.2. The molecule has 0 radical (unpaired) electrons. The van der Waals surface area contributed by atoms with E-state index in [1.54, 1.807) is 25.1 Å². The molecule has 5 heterocycles. The van der Waals surface area contributed by atoms with Crippen LogP contribution in [0.3, 0.4) is 0 Å². The number of thiocarbonyl (C=S) groups is 1. The number of hydrogen-bond acceptors (Lipinski definition) is 10. The average molecular weight is 954 g/mol. The normalized spacial score (nSPS) is 40.1. The van der Waals surface area contributed by atoms with Crippen molar-refractivity contribution in [2.45, 2.75) is 199 Å². The Morgan fingerprint density at radius 3 is 2.25 bits per heavy atom. The maximum Gasteiger partial charge on any atom is 0.309 e. The first-order valence-corrected chi connectivity index (χ1v) is 25.0. The third kappa shape index (κ3) is 10.2. The Hall–Kier alpha value is -1.91. The number of ether oxygens (including phenoxy) is 5. The number of ketones is 1. The van der Waals surface area contributed by atoms with Gasteiger partial charge >= 0.3 is 5.97 Å². The second kappa shape index (κ2) is 20.4. The molecule has 360 valence electrons. The Bertz CT molecular complexity index is 1880. The molecular weight excluding hydrogens is 880 g/mol. The molecule has 0 aliphatic carbocycles. The van der Waals surface area contributed by atoms with Crippen molar-refractivity contribution in [2.24, 2.45) is 41.4 Å². The number of carboxylic acids is 1. The molecule has 5 aliphatic rings. The molecule has 5 aliphatic heterocycles. The quantitative estimate of drug-likeness (QED) is 0.0886. The highest BCUT2D eigenvalue weighted by atomic mass is 35.5. The Labute approximate surface area is 396 Å². The van der Waals surface area contributed by atoms with Gasteiger partial charge in [-0.15, -0.1) is 0 Å². The first-order valence-electron chi connectivity index (χ1n) is 23.8. The van der Waals surface area contributed by atoms with Crippen molar-refractivity contribution in [3.05, 3.63) is 40.4 Å². The van der Waals surface area contributed by atoms with Gasteiger partial charge in [0.2, 0.25) is 0 Å². The van der Waals surface area contributed by atoms with E-state index < -0.39 is 82.9 Å². The van der Waals surface area contributed by atoms with Gasteiger partial charge in [0.1, 0.15) is 11.8 Å². The molecular formula is C49H74Cl2N2O10S. The van der Waals surface area contributed by atoms with Crippen LogP contribution in [-0.4, -0.2) is 97.6 Å².